The SMILES string of the molecule is Cn1c(COc2ccc(F)cc2)nnc1SCC(=O)Nc1nncs1. The molecule has 25 heavy (non-hydrogen) atoms. The van der Waals surface area contributed by atoms with E-state index in [-0.39, 0.29) is 24.1 Å². The predicted molar refractivity (Wildman–Crippen MR) is 91.0 cm³/mol. The Morgan fingerprint density at radius 3 is 2.84 bits per heavy atom. The zero-order valence-electron chi connectivity index (χ0n) is 13.0. The van der Waals surface area contributed by atoms with Gasteiger partial charge in [-0.25, -0.2) is 4.39 Å². The van der Waals surface area contributed by atoms with Gasteiger partial charge >= 0.3 is 0 Å². The first-order chi connectivity index (χ1) is 12.1. The second kappa shape index (κ2) is 8.03. The van der Waals surface area contributed by atoms with Crippen LogP contribution in [-0.4, -0.2) is 36.6 Å². The van der Waals surface area contributed by atoms with E-state index in [4.69, 9.17) is 4.74 Å². The molecule has 11 heteroatoms. The molecule has 1 N–H and O–H groups in total. The molecule has 0 aliphatic rings. The molecule has 1 aromatic carbocycles. The standard InChI is InChI=1S/C14H13FN6O2S2/c1-21-11(6-23-10-4-2-9(15)3-5-10)18-20-14(21)24-7-12(22)17-13-19-16-8-25-13/h2-5,8H,6-7H2,1H3,(H,17,19,22). The van der Waals surface area contributed by atoms with Gasteiger partial charge in [-0.05, 0) is 24.3 Å². The van der Waals surface area contributed by atoms with Gasteiger partial charge in [0.1, 0.15) is 23.7 Å². The van der Waals surface area contributed by atoms with Crippen molar-refractivity contribution in [3.05, 3.63) is 41.4 Å². The molecule has 0 saturated heterocycles. The van der Waals surface area contributed by atoms with Crippen molar-refractivity contribution in [1.29, 1.82) is 0 Å². The molecular formula is C14H13FN6O2S2. The topological polar surface area (TPSA) is 94.8 Å². The Balaban J connectivity index is 1.52. The maximum absolute atomic E-state index is 12.9. The summed E-state index contributed by atoms with van der Waals surface area (Å²) in [6.45, 7) is 0.187. The molecule has 0 saturated carbocycles. The molecule has 0 radical (unpaired) electrons. The Bertz CT molecular complexity index is 838. The summed E-state index contributed by atoms with van der Waals surface area (Å²) < 4.78 is 20.1. The molecule has 1 amide bonds. The van der Waals surface area contributed by atoms with Crippen LogP contribution in [0.2, 0.25) is 0 Å². The molecule has 0 atom stereocenters. The lowest BCUT2D eigenvalue weighted by atomic mass is 10.3. The largest absolute Gasteiger partial charge is 0.486 e. The molecule has 0 bridgehead atoms. The molecule has 0 fully saturated rings. The first-order valence-electron chi connectivity index (χ1n) is 7.07. The summed E-state index contributed by atoms with van der Waals surface area (Å²) >= 11 is 2.50. The first-order valence-corrected chi connectivity index (χ1v) is 8.94. The number of thioether (sulfide) groups is 1. The minimum atomic E-state index is -0.323. The number of ether oxygens (including phenoxy) is 1. The van der Waals surface area contributed by atoms with Gasteiger partial charge in [-0.1, -0.05) is 23.1 Å². The van der Waals surface area contributed by atoms with Crippen molar-refractivity contribution in [2.24, 2.45) is 7.05 Å². The second-order valence-electron chi connectivity index (χ2n) is 4.78. The first kappa shape index (κ1) is 17.3. The van der Waals surface area contributed by atoms with E-state index in [1.807, 2.05) is 0 Å². The van der Waals surface area contributed by atoms with E-state index < -0.39 is 0 Å². The predicted octanol–water partition coefficient (Wildman–Crippen LogP) is 2.12. The van der Waals surface area contributed by atoms with Crippen LogP contribution in [0.15, 0.2) is 34.9 Å². The monoisotopic (exact) mass is 380 g/mol. The molecule has 2 heterocycles. The number of nitrogens with one attached hydrogen (secondary N) is 1. The lowest BCUT2D eigenvalue weighted by molar-refractivity contribution is -0.113. The summed E-state index contributed by atoms with van der Waals surface area (Å²) in [5.41, 5.74) is 1.54. The average molecular weight is 380 g/mol. The molecule has 0 aliphatic heterocycles. The summed E-state index contributed by atoms with van der Waals surface area (Å²) in [5.74, 6) is 0.779. The van der Waals surface area contributed by atoms with Gasteiger partial charge in [0.05, 0.1) is 5.75 Å². The van der Waals surface area contributed by atoms with Crippen LogP contribution >= 0.6 is 23.1 Å². The average Bonchev–Trinajstić information content (AvgIpc) is 3.23. The Labute approximate surface area is 150 Å². The highest BCUT2D eigenvalue weighted by atomic mass is 32.2. The number of halogens is 1. The number of benzene rings is 1. The molecule has 2 aromatic heterocycles. The number of nitrogens with zero attached hydrogens (tertiary/aromatic N) is 5. The van der Waals surface area contributed by atoms with Crippen LogP contribution < -0.4 is 10.1 Å². The summed E-state index contributed by atoms with van der Waals surface area (Å²) in [7, 11) is 1.79. The van der Waals surface area contributed by atoms with E-state index in [0.29, 0.717) is 21.9 Å². The number of aromatic nitrogens is 5. The Morgan fingerprint density at radius 1 is 1.32 bits per heavy atom. The van der Waals surface area contributed by atoms with E-state index >= 15 is 0 Å². The summed E-state index contributed by atoms with van der Waals surface area (Å²) in [5, 5.41) is 19.2. The lowest BCUT2D eigenvalue weighted by Crippen LogP contribution is -2.14. The van der Waals surface area contributed by atoms with E-state index in [0.717, 1.165) is 0 Å². The highest BCUT2D eigenvalue weighted by Crippen LogP contribution is 2.18. The van der Waals surface area contributed by atoms with Crippen LogP contribution in [0.3, 0.4) is 0 Å². The molecule has 3 aromatic rings. The summed E-state index contributed by atoms with van der Waals surface area (Å²) in [6, 6.07) is 5.73. The number of anilines is 1. The van der Waals surface area contributed by atoms with Crippen LogP contribution in [0.4, 0.5) is 9.52 Å². The van der Waals surface area contributed by atoms with Gasteiger partial charge in [0.25, 0.3) is 0 Å². The second-order valence-corrected chi connectivity index (χ2v) is 6.56. The smallest absolute Gasteiger partial charge is 0.236 e. The maximum Gasteiger partial charge on any atom is 0.236 e. The van der Waals surface area contributed by atoms with E-state index in [9.17, 15) is 9.18 Å². The Morgan fingerprint density at radius 2 is 2.12 bits per heavy atom. The third-order valence-electron chi connectivity index (χ3n) is 3.05. The molecule has 130 valence electrons. The highest BCUT2D eigenvalue weighted by molar-refractivity contribution is 7.99. The quantitative estimate of drug-likeness (QED) is 0.627. The van der Waals surface area contributed by atoms with Crippen molar-refractivity contribution < 1.29 is 13.9 Å². The van der Waals surface area contributed by atoms with Crippen LogP contribution in [0, 0.1) is 5.82 Å². The number of carbonyl (C=O) groups excluding carboxylic acids is 1. The number of rotatable bonds is 7. The van der Waals surface area contributed by atoms with E-state index in [1.54, 1.807) is 29.3 Å². The van der Waals surface area contributed by atoms with Gasteiger partial charge in [-0.15, -0.1) is 20.4 Å². The van der Waals surface area contributed by atoms with Gasteiger partial charge in [0.2, 0.25) is 11.0 Å². The number of carbonyl (C=O) groups is 1. The number of hydrogen-bond acceptors (Lipinski definition) is 8. The van der Waals surface area contributed by atoms with Gasteiger partial charge < -0.3 is 9.30 Å². The van der Waals surface area contributed by atoms with Gasteiger partial charge in [-0.2, -0.15) is 0 Å². The zero-order chi connectivity index (χ0) is 17.6. The third kappa shape index (κ3) is 4.73. The van der Waals surface area contributed by atoms with Gasteiger partial charge in [0, 0.05) is 7.05 Å². The van der Waals surface area contributed by atoms with Gasteiger partial charge in [-0.3, -0.25) is 10.1 Å². The molecule has 0 aliphatic carbocycles. The maximum atomic E-state index is 12.9. The summed E-state index contributed by atoms with van der Waals surface area (Å²) in [4.78, 5) is 11.8. The van der Waals surface area contributed by atoms with Crippen molar-refractivity contribution in [3.63, 3.8) is 0 Å². The van der Waals surface area contributed by atoms with Crippen molar-refractivity contribution in [1.82, 2.24) is 25.0 Å². The third-order valence-corrected chi connectivity index (χ3v) is 4.67. The van der Waals surface area contributed by atoms with Crippen molar-refractivity contribution in [2.75, 3.05) is 11.1 Å². The molecular weight excluding hydrogens is 367 g/mol. The number of amides is 1. The lowest BCUT2D eigenvalue weighted by Gasteiger charge is -2.06. The fourth-order valence-electron chi connectivity index (χ4n) is 1.79. The zero-order valence-corrected chi connectivity index (χ0v) is 14.7. The fraction of sp³-hybridized carbons (Fsp3) is 0.214. The minimum absolute atomic E-state index is 0.171. The molecule has 3 rings (SSSR count). The van der Waals surface area contributed by atoms with E-state index in [2.05, 4.69) is 25.7 Å². The van der Waals surface area contributed by atoms with Crippen LogP contribution in [0.5, 0.6) is 5.75 Å². The van der Waals surface area contributed by atoms with Crippen molar-refractivity contribution in [2.45, 2.75) is 11.8 Å². The minimum Gasteiger partial charge on any atom is -0.486 e. The van der Waals surface area contributed by atoms with Crippen molar-refractivity contribution >= 4 is 34.1 Å². The number of hydrogen-bond donors (Lipinski definition) is 1. The van der Waals surface area contributed by atoms with Crippen LogP contribution in [0.1, 0.15) is 5.82 Å². The Kier molecular flexibility index (Phi) is 5.56. The van der Waals surface area contributed by atoms with Crippen LogP contribution in [-0.2, 0) is 18.4 Å². The van der Waals surface area contributed by atoms with Crippen molar-refractivity contribution in [3.8, 4) is 5.75 Å². The van der Waals surface area contributed by atoms with Crippen LogP contribution in [0.25, 0.3) is 0 Å². The fourth-order valence-corrected chi connectivity index (χ4v) is 2.98. The normalized spacial score (nSPS) is 10.6. The molecule has 0 unspecified atom stereocenters. The molecule has 8 nitrogen and oxygen atoms in total. The molecule has 0 spiro atoms. The van der Waals surface area contributed by atoms with Gasteiger partial charge in [0.15, 0.2) is 11.0 Å². The summed E-state index contributed by atoms with van der Waals surface area (Å²) in [6.07, 6.45) is 0. The Hall–Kier alpha value is -2.53. The highest BCUT2D eigenvalue weighted by Gasteiger charge is 2.13. The van der Waals surface area contributed by atoms with E-state index in [1.165, 1.54) is 35.2 Å².